The van der Waals surface area contributed by atoms with Crippen LogP contribution in [0.2, 0.25) is 0 Å². The molecule has 4 aromatic rings. The van der Waals surface area contributed by atoms with E-state index in [-0.39, 0.29) is 10.7 Å². The number of thiocarbonyl (C=S) groups is 1. The molecule has 1 aromatic heterocycles. The second-order valence-electron chi connectivity index (χ2n) is 8.93. The summed E-state index contributed by atoms with van der Waals surface area (Å²) in [6.45, 7) is 5.94. The molecule has 5 nitrogen and oxygen atoms in total. The van der Waals surface area contributed by atoms with Crippen molar-refractivity contribution in [1.82, 2.24) is 9.88 Å². The van der Waals surface area contributed by atoms with Crippen molar-refractivity contribution < 1.29 is 9.59 Å². The van der Waals surface area contributed by atoms with Gasteiger partial charge in [0, 0.05) is 16.9 Å². The molecule has 0 spiro atoms. The molecule has 1 aliphatic heterocycles. The minimum Gasteiger partial charge on any atom is -0.313 e. The van der Waals surface area contributed by atoms with Crippen LogP contribution in [0.5, 0.6) is 0 Å². The van der Waals surface area contributed by atoms with Crippen molar-refractivity contribution in [3.8, 4) is 16.9 Å². The van der Waals surface area contributed by atoms with Gasteiger partial charge in [0.1, 0.15) is 5.57 Å². The SMILES string of the molecule is Cc1cc(C)cc(N2C(=O)/C(=C/c3cc(C)n(-c4ccccc4)c3-c3ccccc3)C(=O)NC2=S)c1. The van der Waals surface area contributed by atoms with Gasteiger partial charge in [-0.1, -0.05) is 54.6 Å². The van der Waals surface area contributed by atoms with Crippen LogP contribution in [0, 0.1) is 20.8 Å². The molecule has 5 rings (SSSR count). The van der Waals surface area contributed by atoms with Crippen LogP contribution in [0.3, 0.4) is 0 Å². The number of rotatable bonds is 4. The van der Waals surface area contributed by atoms with Crippen molar-refractivity contribution in [3.05, 3.63) is 113 Å². The van der Waals surface area contributed by atoms with E-state index in [4.69, 9.17) is 12.2 Å². The van der Waals surface area contributed by atoms with E-state index < -0.39 is 11.8 Å². The van der Waals surface area contributed by atoms with E-state index in [1.807, 2.05) is 106 Å². The number of hydrogen-bond donors (Lipinski definition) is 1. The molecule has 0 atom stereocenters. The molecule has 0 radical (unpaired) electrons. The fraction of sp³-hybridized carbons (Fsp3) is 0.100. The maximum Gasteiger partial charge on any atom is 0.270 e. The summed E-state index contributed by atoms with van der Waals surface area (Å²) >= 11 is 5.40. The van der Waals surface area contributed by atoms with Crippen LogP contribution >= 0.6 is 12.2 Å². The number of carbonyl (C=O) groups is 2. The second-order valence-corrected chi connectivity index (χ2v) is 9.32. The first-order chi connectivity index (χ1) is 17.3. The summed E-state index contributed by atoms with van der Waals surface area (Å²) in [7, 11) is 0. The van der Waals surface area contributed by atoms with Gasteiger partial charge in [-0.25, -0.2) is 0 Å². The number of aryl methyl sites for hydroxylation is 3. The van der Waals surface area contributed by atoms with Gasteiger partial charge in [-0.15, -0.1) is 0 Å². The molecular weight excluding hydrogens is 466 g/mol. The molecule has 1 saturated heterocycles. The van der Waals surface area contributed by atoms with Crippen molar-refractivity contribution >= 4 is 40.9 Å². The number of hydrogen-bond acceptors (Lipinski definition) is 3. The Morgan fingerprint density at radius 3 is 2.03 bits per heavy atom. The van der Waals surface area contributed by atoms with E-state index in [0.29, 0.717) is 5.69 Å². The lowest BCUT2D eigenvalue weighted by Gasteiger charge is -2.29. The normalized spacial score (nSPS) is 14.9. The average Bonchev–Trinajstić information content (AvgIpc) is 3.17. The highest BCUT2D eigenvalue weighted by atomic mass is 32.1. The molecule has 0 unspecified atom stereocenters. The number of nitrogens with one attached hydrogen (secondary N) is 1. The molecule has 178 valence electrons. The van der Waals surface area contributed by atoms with E-state index in [2.05, 4.69) is 9.88 Å². The lowest BCUT2D eigenvalue weighted by Crippen LogP contribution is -2.54. The molecule has 2 amide bonds. The van der Waals surface area contributed by atoms with Crippen LogP contribution < -0.4 is 10.2 Å². The standard InChI is InChI=1S/C30H25N3O2S/c1-19-14-20(2)16-25(15-19)33-29(35)26(28(34)31-30(33)36)18-23-17-21(3)32(24-12-8-5-9-13-24)27(23)22-10-6-4-7-11-22/h4-18H,1-3H3,(H,31,34,36)/b26-18+. The van der Waals surface area contributed by atoms with Gasteiger partial charge in [-0.05, 0) is 86.1 Å². The molecule has 3 aromatic carbocycles. The highest BCUT2D eigenvalue weighted by Crippen LogP contribution is 2.33. The molecule has 36 heavy (non-hydrogen) atoms. The lowest BCUT2D eigenvalue weighted by atomic mass is 10.0. The first kappa shape index (κ1) is 23.5. The fourth-order valence-corrected chi connectivity index (χ4v) is 4.98. The van der Waals surface area contributed by atoms with Crippen LogP contribution in [0.1, 0.15) is 22.4 Å². The fourth-order valence-electron chi connectivity index (χ4n) is 4.70. The smallest absolute Gasteiger partial charge is 0.270 e. The second kappa shape index (κ2) is 9.40. The van der Waals surface area contributed by atoms with Gasteiger partial charge in [0.2, 0.25) is 0 Å². The van der Waals surface area contributed by atoms with Crippen molar-refractivity contribution in [1.29, 1.82) is 0 Å². The zero-order valence-corrected chi connectivity index (χ0v) is 21.1. The van der Waals surface area contributed by atoms with Gasteiger partial charge >= 0.3 is 0 Å². The number of carbonyl (C=O) groups excluding carboxylic acids is 2. The number of benzene rings is 3. The maximum atomic E-state index is 13.7. The quantitative estimate of drug-likeness (QED) is 0.220. The molecule has 2 heterocycles. The largest absolute Gasteiger partial charge is 0.313 e. The highest BCUT2D eigenvalue weighted by Gasteiger charge is 2.35. The first-order valence-corrected chi connectivity index (χ1v) is 12.1. The first-order valence-electron chi connectivity index (χ1n) is 11.7. The lowest BCUT2D eigenvalue weighted by molar-refractivity contribution is -0.122. The van der Waals surface area contributed by atoms with Crippen molar-refractivity contribution in [2.75, 3.05) is 4.90 Å². The van der Waals surface area contributed by atoms with Gasteiger partial charge in [-0.2, -0.15) is 0 Å². The number of amides is 2. The predicted octanol–water partition coefficient (Wildman–Crippen LogP) is 5.90. The molecule has 1 aliphatic rings. The third kappa shape index (κ3) is 4.27. The Hall–Kier alpha value is -4.29. The van der Waals surface area contributed by atoms with Gasteiger partial charge in [-0.3, -0.25) is 19.8 Å². The molecule has 0 aliphatic carbocycles. The molecule has 0 saturated carbocycles. The Labute approximate surface area is 215 Å². The van der Waals surface area contributed by atoms with Crippen molar-refractivity contribution in [3.63, 3.8) is 0 Å². The summed E-state index contributed by atoms with van der Waals surface area (Å²) in [4.78, 5) is 28.1. The Morgan fingerprint density at radius 1 is 0.778 bits per heavy atom. The van der Waals surface area contributed by atoms with Gasteiger partial charge in [0.05, 0.1) is 11.4 Å². The van der Waals surface area contributed by atoms with Crippen LogP contribution in [-0.2, 0) is 9.59 Å². The topological polar surface area (TPSA) is 54.3 Å². The highest BCUT2D eigenvalue weighted by molar-refractivity contribution is 7.80. The summed E-state index contributed by atoms with van der Waals surface area (Å²) in [6, 6.07) is 27.8. The third-order valence-electron chi connectivity index (χ3n) is 6.14. The number of nitrogens with zero attached hydrogens (tertiary/aromatic N) is 2. The van der Waals surface area contributed by atoms with E-state index in [1.165, 1.54) is 4.90 Å². The Morgan fingerprint density at radius 2 is 1.39 bits per heavy atom. The summed E-state index contributed by atoms with van der Waals surface area (Å²) in [6.07, 6.45) is 1.67. The van der Waals surface area contributed by atoms with E-state index >= 15 is 0 Å². The van der Waals surface area contributed by atoms with E-state index in [0.717, 1.165) is 39.3 Å². The van der Waals surface area contributed by atoms with Crippen molar-refractivity contribution in [2.24, 2.45) is 0 Å². The number of para-hydroxylation sites is 1. The summed E-state index contributed by atoms with van der Waals surface area (Å²) in [5.41, 5.74) is 7.31. The maximum absolute atomic E-state index is 13.7. The monoisotopic (exact) mass is 491 g/mol. The summed E-state index contributed by atoms with van der Waals surface area (Å²) in [5.74, 6) is -0.951. The van der Waals surface area contributed by atoms with Crippen LogP contribution in [-0.4, -0.2) is 21.5 Å². The molecule has 1 fully saturated rings. The summed E-state index contributed by atoms with van der Waals surface area (Å²) < 4.78 is 2.14. The van der Waals surface area contributed by atoms with Crippen LogP contribution in [0.4, 0.5) is 5.69 Å². The summed E-state index contributed by atoms with van der Waals surface area (Å²) in [5, 5.41) is 2.78. The van der Waals surface area contributed by atoms with E-state index in [1.54, 1.807) is 6.08 Å². The van der Waals surface area contributed by atoms with Gasteiger partial charge in [0.15, 0.2) is 5.11 Å². The minimum absolute atomic E-state index is 0.0325. The molecule has 6 heteroatoms. The number of anilines is 1. The molecular formula is C30H25N3O2S. The van der Waals surface area contributed by atoms with Gasteiger partial charge in [0.25, 0.3) is 11.8 Å². The minimum atomic E-state index is -0.505. The third-order valence-corrected chi connectivity index (χ3v) is 6.43. The number of aromatic nitrogens is 1. The van der Waals surface area contributed by atoms with Crippen LogP contribution in [0.25, 0.3) is 23.0 Å². The van der Waals surface area contributed by atoms with Gasteiger partial charge < -0.3 is 4.57 Å². The Bertz CT molecular complexity index is 1520. The zero-order valence-electron chi connectivity index (χ0n) is 20.3. The zero-order chi connectivity index (χ0) is 25.4. The average molecular weight is 492 g/mol. The Kier molecular flexibility index (Phi) is 6.12. The molecule has 0 bridgehead atoms. The Balaban J connectivity index is 1.68. The molecule has 1 N–H and O–H groups in total. The van der Waals surface area contributed by atoms with Crippen molar-refractivity contribution in [2.45, 2.75) is 20.8 Å². The van der Waals surface area contributed by atoms with Crippen LogP contribution in [0.15, 0.2) is 90.5 Å². The predicted molar refractivity (Wildman–Crippen MR) is 148 cm³/mol. The van der Waals surface area contributed by atoms with E-state index in [9.17, 15) is 9.59 Å².